The molecule has 2 N–H and O–H groups in total. The molecule has 100 valence electrons. The van der Waals surface area contributed by atoms with Crippen LogP contribution in [0.5, 0.6) is 0 Å². The molecule has 1 aliphatic heterocycles. The molecule has 0 aliphatic carbocycles. The van der Waals surface area contributed by atoms with E-state index in [0.29, 0.717) is 5.56 Å². The van der Waals surface area contributed by atoms with Crippen LogP contribution in [0.25, 0.3) is 0 Å². The SMILES string of the molecule is CN1CCN(CCC(N)c2ccccc2F)CC1. The van der Waals surface area contributed by atoms with Crippen molar-refractivity contribution in [3.8, 4) is 0 Å². The smallest absolute Gasteiger partial charge is 0.127 e. The van der Waals surface area contributed by atoms with Gasteiger partial charge in [0.2, 0.25) is 0 Å². The van der Waals surface area contributed by atoms with Crippen LogP contribution < -0.4 is 5.73 Å². The minimum atomic E-state index is -0.203. The number of nitrogens with zero attached hydrogens (tertiary/aromatic N) is 2. The minimum absolute atomic E-state index is 0.191. The summed E-state index contributed by atoms with van der Waals surface area (Å²) in [7, 11) is 2.14. The van der Waals surface area contributed by atoms with E-state index in [0.717, 1.165) is 39.1 Å². The standard InChI is InChI=1S/C14H22FN3/c1-17-8-10-18(11-9-17)7-6-14(16)12-4-2-3-5-13(12)15/h2-5,14H,6-11,16H2,1H3. The van der Waals surface area contributed by atoms with E-state index < -0.39 is 0 Å². The van der Waals surface area contributed by atoms with Gasteiger partial charge in [0.05, 0.1) is 0 Å². The fraction of sp³-hybridized carbons (Fsp3) is 0.571. The number of rotatable bonds is 4. The van der Waals surface area contributed by atoms with Crippen molar-refractivity contribution >= 4 is 0 Å². The lowest BCUT2D eigenvalue weighted by molar-refractivity contribution is 0.150. The number of nitrogens with two attached hydrogens (primary N) is 1. The van der Waals surface area contributed by atoms with Crippen LogP contribution in [0.3, 0.4) is 0 Å². The van der Waals surface area contributed by atoms with E-state index in [1.165, 1.54) is 6.07 Å². The largest absolute Gasteiger partial charge is 0.324 e. The highest BCUT2D eigenvalue weighted by molar-refractivity contribution is 5.20. The third-order valence-electron chi connectivity index (χ3n) is 3.66. The summed E-state index contributed by atoms with van der Waals surface area (Å²) >= 11 is 0. The van der Waals surface area contributed by atoms with Crippen molar-refractivity contribution in [2.45, 2.75) is 12.5 Å². The summed E-state index contributed by atoms with van der Waals surface area (Å²) in [4.78, 5) is 4.73. The maximum atomic E-state index is 13.6. The Hall–Kier alpha value is -0.970. The van der Waals surface area contributed by atoms with E-state index in [2.05, 4.69) is 16.8 Å². The van der Waals surface area contributed by atoms with Gasteiger partial charge in [-0.15, -0.1) is 0 Å². The van der Waals surface area contributed by atoms with E-state index in [9.17, 15) is 4.39 Å². The van der Waals surface area contributed by atoms with E-state index >= 15 is 0 Å². The van der Waals surface area contributed by atoms with Crippen molar-refractivity contribution in [1.29, 1.82) is 0 Å². The number of halogens is 1. The molecule has 1 aromatic carbocycles. The highest BCUT2D eigenvalue weighted by atomic mass is 19.1. The van der Waals surface area contributed by atoms with Crippen LogP contribution in [0, 0.1) is 5.82 Å². The second-order valence-electron chi connectivity index (χ2n) is 5.06. The monoisotopic (exact) mass is 251 g/mol. The predicted molar refractivity (Wildman–Crippen MR) is 71.9 cm³/mol. The van der Waals surface area contributed by atoms with Crippen molar-refractivity contribution in [3.63, 3.8) is 0 Å². The molecule has 0 aromatic heterocycles. The Morgan fingerprint density at radius 1 is 1.22 bits per heavy atom. The molecule has 4 heteroatoms. The predicted octanol–water partition coefficient (Wildman–Crippen LogP) is 1.46. The summed E-state index contributed by atoms with van der Waals surface area (Å²) in [5.41, 5.74) is 6.69. The number of likely N-dealkylation sites (N-methyl/N-ethyl adjacent to an activating group) is 1. The first-order chi connectivity index (χ1) is 8.66. The lowest BCUT2D eigenvalue weighted by atomic mass is 10.0. The molecule has 0 radical (unpaired) electrons. The number of benzene rings is 1. The zero-order valence-electron chi connectivity index (χ0n) is 11.0. The Morgan fingerprint density at radius 2 is 1.89 bits per heavy atom. The maximum Gasteiger partial charge on any atom is 0.127 e. The molecule has 1 heterocycles. The number of piperazine rings is 1. The molecule has 0 amide bonds. The zero-order chi connectivity index (χ0) is 13.0. The van der Waals surface area contributed by atoms with Gasteiger partial charge in [-0.05, 0) is 19.5 Å². The van der Waals surface area contributed by atoms with Crippen molar-refractivity contribution in [3.05, 3.63) is 35.6 Å². The van der Waals surface area contributed by atoms with Crippen molar-refractivity contribution in [1.82, 2.24) is 9.80 Å². The summed E-state index contributed by atoms with van der Waals surface area (Å²) in [6.07, 6.45) is 0.810. The second-order valence-corrected chi connectivity index (χ2v) is 5.06. The van der Waals surface area contributed by atoms with E-state index in [4.69, 9.17) is 5.73 Å². The van der Waals surface area contributed by atoms with Crippen LogP contribution >= 0.6 is 0 Å². The first kappa shape index (κ1) is 13.5. The van der Waals surface area contributed by atoms with Gasteiger partial charge in [-0.2, -0.15) is 0 Å². The summed E-state index contributed by atoms with van der Waals surface area (Å²) in [6.45, 7) is 5.33. The molecule has 0 bridgehead atoms. The van der Waals surface area contributed by atoms with E-state index in [1.807, 2.05) is 6.07 Å². The molecule has 0 spiro atoms. The first-order valence-electron chi connectivity index (χ1n) is 6.57. The normalized spacial score (nSPS) is 19.9. The van der Waals surface area contributed by atoms with Gasteiger partial charge in [0.15, 0.2) is 0 Å². The van der Waals surface area contributed by atoms with Crippen molar-refractivity contribution in [2.75, 3.05) is 39.8 Å². The van der Waals surface area contributed by atoms with Crippen LogP contribution in [0.15, 0.2) is 24.3 Å². The molecule has 2 rings (SSSR count). The Morgan fingerprint density at radius 3 is 2.56 bits per heavy atom. The summed E-state index contributed by atoms with van der Waals surface area (Å²) < 4.78 is 13.6. The van der Waals surface area contributed by atoms with Crippen LogP contribution in [0.2, 0.25) is 0 Å². The lowest BCUT2D eigenvalue weighted by Gasteiger charge is -2.32. The van der Waals surface area contributed by atoms with Gasteiger partial charge in [-0.1, -0.05) is 18.2 Å². The average Bonchev–Trinajstić information content (AvgIpc) is 2.38. The second kappa shape index (κ2) is 6.27. The highest BCUT2D eigenvalue weighted by Crippen LogP contribution is 2.18. The Kier molecular flexibility index (Phi) is 4.69. The van der Waals surface area contributed by atoms with Crippen molar-refractivity contribution in [2.24, 2.45) is 5.73 Å². The Labute approximate surface area is 108 Å². The highest BCUT2D eigenvalue weighted by Gasteiger charge is 2.16. The molecule has 18 heavy (non-hydrogen) atoms. The van der Waals surface area contributed by atoms with Gasteiger partial charge >= 0.3 is 0 Å². The van der Waals surface area contributed by atoms with Crippen LogP contribution in [-0.4, -0.2) is 49.6 Å². The molecule has 1 unspecified atom stereocenters. The molecular formula is C14H22FN3. The summed E-state index contributed by atoms with van der Waals surface area (Å²) in [5.74, 6) is -0.191. The maximum absolute atomic E-state index is 13.6. The average molecular weight is 251 g/mol. The topological polar surface area (TPSA) is 32.5 Å². The number of hydrogen-bond donors (Lipinski definition) is 1. The van der Waals surface area contributed by atoms with E-state index in [1.54, 1.807) is 12.1 Å². The van der Waals surface area contributed by atoms with Gasteiger partial charge < -0.3 is 15.5 Å². The molecule has 1 aliphatic rings. The van der Waals surface area contributed by atoms with Gasteiger partial charge in [0.1, 0.15) is 5.82 Å². The van der Waals surface area contributed by atoms with Gasteiger partial charge in [-0.3, -0.25) is 0 Å². The van der Waals surface area contributed by atoms with Crippen LogP contribution in [-0.2, 0) is 0 Å². The molecule has 0 saturated carbocycles. The molecule has 1 aromatic rings. The zero-order valence-corrected chi connectivity index (χ0v) is 11.0. The van der Waals surface area contributed by atoms with Gasteiger partial charge in [-0.25, -0.2) is 4.39 Å². The molecule has 1 atom stereocenters. The van der Waals surface area contributed by atoms with E-state index in [-0.39, 0.29) is 11.9 Å². The third kappa shape index (κ3) is 3.51. The molecule has 3 nitrogen and oxygen atoms in total. The molecular weight excluding hydrogens is 229 g/mol. The Bertz CT molecular complexity index is 375. The third-order valence-corrected chi connectivity index (χ3v) is 3.66. The summed E-state index contributed by atoms with van der Waals surface area (Å²) in [5, 5.41) is 0. The quantitative estimate of drug-likeness (QED) is 0.879. The van der Waals surface area contributed by atoms with Crippen LogP contribution in [0.1, 0.15) is 18.0 Å². The molecule has 1 saturated heterocycles. The number of hydrogen-bond acceptors (Lipinski definition) is 3. The van der Waals surface area contributed by atoms with Gasteiger partial charge in [0.25, 0.3) is 0 Å². The van der Waals surface area contributed by atoms with Gasteiger partial charge in [0, 0.05) is 44.3 Å². The first-order valence-corrected chi connectivity index (χ1v) is 6.57. The summed E-state index contributed by atoms with van der Waals surface area (Å²) in [6, 6.07) is 6.60. The molecule has 1 fully saturated rings. The van der Waals surface area contributed by atoms with Crippen LogP contribution in [0.4, 0.5) is 4.39 Å². The Balaban J connectivity index is 1.81. The van der Waals surface area contributed by atoms with Crippen molar-refractivity contribution < 1.29 is 4.39 Å². The lowest BCUT2D eigenvalue weighted by Crippen LogP contribution is -2.45. The fourth-order valence-corrected chi connectivity index (χ4v) is 2.32. The fourth-order valence-electron chi connectivity index (χ4n) is 2.32. The minimum Gasteiger partial charge on any atom is -0.324 e.